The van der Waals surface area contributed by atoms with Gasteiger partial charge in [0, 0.05) is 18.6 Å². The van der Waals surface area contributed by atoms with Crippen LogP contribution < -0.4 is 10.6 Å². The number of halogens is 1. The molecule has 0 aromatic carbocycles. The molecule has 0 atom stereocenters. The minimum atomic E-state index is -0.185. The van der Waals surface area contributed by atoms with Crippen molar-refractivity contribution in [2.24, 2.45) is 5.41 Å². The molecular formula is C10H19ClN2O. The first-order chi connectivity index (χ1) is 6.45. The van der Waals surface area contributed by atoms with E-state index >= 15 is 0 Å². The molecule has 0 heterocycles. The minimum absolute atomic E-state index is 0.0867. The van der Waals surface area contributed by atoms with Gasteiger partial charge in [0.15, 0.2) is 0 Å². The second-order valence-corrected chi connectivity index (χ2v) is 4.52. The second kappa shape index (κ2) is 6.71. The third-order valence-corrected chi connectivity index (χ3v) is 1.66. The number of hydrogen-bond acceptors (Lipinski definition) is 1. The lowest BCUT2D eigenvalue weighted by molar-refractivity contribution is 0.244. The highest BCUT2D eigenvalue weighted by atomic mass is 35.5. The summed E-state index contributed by atoms with van der Waals surface area (Å²) in [7, 11) is 0. The maximum atomic E-state index is 11.1. The smallest absolute Gasteiger partial charge is 0.318 e. The molecule has 0 saturated heterocycles. The average Bonchev–Trinajstić information content (AvgIpc) is 2.02. The van der Waals surface area contributed by atoms with Gasteiger partial charge in [-0.1, -0.05) is 26.8 Å². The Balaban J connectivity index is 3.59. The van der Waals surface area contributed by atoms with Crippen molar-refractivity contribution >= 4 is 17.6 Å². The second-order valence-electron chi connectivity index (χ2n) is 4.14. The Bertz CT molecular complexity index is 197. The molecule has 2 amide bonds. The van der Waals surface area contributed by atoms with E-state index in [1.165, 1.54) is 0 Å². The maximum absolute atomic E-state index is 11.1. The number of rotatable bonds is 4. The number of hydrogen-bond donors (Lipinski definition) is 2. The number of amides is 2. The fourth-order valence-electron chi connectivity index (χ4n) is 0.687. The molecule has 2 N–H and O–H groups in total. The van der Waals surface area contributed by atoms with E-state index in [0.717, 1.165) is 6.42 Å². The third kappa shape index (κ3) is 9.39. The van der Waals surface area contributed by atoms with Crippen LogP contribution in [0.15, 0.2) is 12.3 Å². The average molecular weight is 219 g/mol. The summed E-state index contributed by atoms with van der Waals surface area (Å²) in [5.41, 5.74) is 0.0867. The number of nitrogens with one attached hydrogen (secondary N) is 2. The normalized spacial score (nSPS) is 11.7. The Morgan fingerprint density at radius 2 is 2.07 bits per heavy atom. The van der Waals surface area contributed by atoms with Crippen molar-refractivity contribution in [3.63, 3.8) is 0 Å². The van der Waals surface area contributed by atoms with Crippen molar-refractivity contribution in [3.8, 4) is 0 Å². The van der Waals surface area contributed by atoms with Crippen LogP contribution in [0, 0.1) is 5.41 Å². The molecule has 0 bridgehead atoms. The third-order valence-electron chi connectivity index (χ3n) is 1.39. The molecule has 0 aliphatic rings. The van der Waals surface area contributed by atoms with Gasteiger partial charge in [0.1, 0.15) is 0 Å². The molecule has 3 nitrogen and oxygen atoms in total. The summed E-state index contributed by atoms with van der Waals surface area (Å²) in [6.07, 6.45) is 4.39. The van der Waals surface area contributed by atoms with Crippen LogP contribution in [0.3, 0.4) is 0 Å². The maximum Gasteiger partial charge on any atom is 0.318 e. The van der Waals surface area contributed by atoms with Gasteiger partial charge in [0.2, 0.25) is 0 Å². The molecule has 0 aliphatic heterocycles. The van der Waals surface area contributed by atoms with Crippen molar-refractivity contribution in [3.05, 3.63) is 12.3 Å². The number of allylic oxidation sites excluding steroid dienone is 1. The van der Waals surface area contributed by atoms with E-state index in [1.54, 1.807) is 6.20 Å². The Morgan fingerprint density at radius 3 is 2.57 bits per heavy atom. The van der Waals surface area contributed by atoms with Gasteiger partial charge >= 0.3 is 6.03 Å². The number of alkyl halides is 1. The van der Waals surface area contributed by atoms with Crippen LogP contribution in [0.2, 0.25) is 0 Å². The van der Waals surface area contributed by atoms with Gasteiger partial charge in [-0.25, -0.2) is 4.79 Å². The summed E-state index contributed by atoms with van der Waals surface area (Å²) in [6, 6.07) is -0.185. The number of carbonyl (C=O) groups excluding carboxylic acids is 1. The Kier molecular flexibility index (Phi) is 6.37. The molecule has 0 aliphatic carbocycles. The van der Waals surface area contributed by atoms with Crippen molar-refractivity contribution in [2.45, 2.75) is 27.2 Å². The highest BCUT2D eigenvalue weighted by Crippen LogP contribution is 2.13. The summed E-state index contributed by atoms with van der Waals surface area (Å²) in [5, 5.41) is 5.31. The first kappa shape index (κ1) is 13.3. The van der Waals surface area contributed by atoms with Gasteiger partial charge in [-0.2, -0.15) is 0 Å². The summed E-state index contributed by atoms with van der Waals surface area (Å²) in [6.45, 7) is 6.81. The topological polar surface area (TPSA) is 41.1 Å². The Morgan fingerprint density at radius 1 is 1.43 bits per heavy atom. The summed E-state index contributed by atoms with van der Waals surface area (Å²) < 4.78 is 0. The van der Waals surface area contributed by atoms with Crippen LogP contribution in [0.5, 0.6) is 0 Å². The number of urea groups is 1. The van der Waals surface area contributed by atoms with Gasteiger partial charge in [0.05, 0.1) is 0 Å². The fraction of sp³-hybridized carbons (Fsp3) is 0.700. The van der Waals surface area contributed by atoms with Crippen LogP contribution >= 0.6 is 11.6 Å². The Hall–Kier alpha value is -0.700. The lowest BCUT2D eigenvalue weighted by atomic mass is 9.97. The van der Waals surface area contributed by atoms with Crippen molar-refractivity contribution in [1.82, 2.24) is 10.6 Å². The van der Waals surface area contributed by atoms with Crippen molar-refractivity contribution in [1.29, 1.82) is 0 Å². The van der Waals surface area contributed by atoms with Crippen LogP contribution in [0.25, 0.3) is 0 Å². The van der Waals surface area contributed by atoms with E-state index < -0.39 is 0 Å². The summed E-state index contributed by atoms with van der Waals surface area (Å²) in [4.78, 5) is 11.1. The molecule has 0 rings (SSSR count). The van der Waals surface area contributed by atoms with Gasteiger partial charge in [0.25, 0.3) is 0 Å². The first-order valence-corrected chi connectivity index (χ1v) is 5.27. The molecule has 0 unspecified atom stereocenters. The highest BCUT2D eigenvalue weighted by Gasteiger charge is 2.03. The molecule has 4 heteroatoms. The Labute approximate surface area is 90.9 Å². The van der Waals surface area contributed by atoms with Gasteiger partial charge < -0.3 is 10.6 Å². The van der Waals surface area contributed by atoms with E-state index in [4.69, 9.17) is 11.6 Å². The van der Waals surface area contributed by atoms with Crippen LogP contribution in [-0.2, 0) is 0 Å². The summed E-state index contributed by atoms with van der Waals surface area (Å²) >= 11 is 5.46. The zero-order chi connectivity index (χ0) is 11.0. The quantitative estimate of drug-likeness (QED) is 0.553. The molecular weight excluding hydrogens is 200 g/mol. The van der Waals surface area contributed by atoms with Crippen LogP contribution in [0.4, 0.5) is 4.79 Å². The van der Waals surface area contributed by atoms with Crippen molar-refractivity contribution < 1.29 is 4.79 Å². The lowest BCUT2D eigenvalue weighted by Crippen LogP contribution is -2.33. The van der Waals surface area contributed by atoms with E-state index in [0.29, 0.717) is 12.4 Å². The minimum Gasteiger partial charge on any atom is -0.338 e. The van der Waals surface area contributed by atoms with Gasteiger partial charge in [-0.3, -0.25) is 0 Å². The highest BCUT2D eigenvalue weighted by molar-refractivity contribution is 6.17. The molecule has 0 fully saturated rings. The predicted molar refractivity (Wildman–Crippen MR) is 60.5 cm³/mol. The first-order valence-electron chi connectivity index (χ1n) is 4.74. The number of carbonyl (C=O) groups is 1. The molecule has 0 saturated carbocycles. The van der Waals surface area contributed by atoms with E-state index in [1.807, 2.05) is 6.08 Å². The van der Waals surface area contributed by atoms with Gasteiger partial charge in [-0.05, 0) is 11.8 Å². The predicted octanol–water partition coefficient (Wildman–Crippen LogP) is 2.47. The zero-order valence-electron chi connectivity index (χ0n) is 9.06. The monoisotopic (exact) mass is 218 g/mol. The van der Waals surface area contributed by atoms with E-state index in [9.17, 15) is 4.79 Å². The van der Waals surface area contributed by atoms with E-state index in [2.05, 4.69) is 31.4 Å². The fourth-order valence-corrected chi connectivity index (χ4v) is 0.821. The molecule has 0 aromatic heterocycles. The molecule has 0 radical (unpaired) electrons. The summed E-state index contributed by atoms with van der Waals surface area (Å²) in [5.74, 6) is 0.568. The SMILES string of the molecule is CC(C)(C)/C=C/NC(=O)NCCCCl. The van der Waals surface area contributed by atoms with Crippen molar-refractivity contribution in [2.75, 3.05) is 12.4 Å². The lowest BCUT2D eigenvalue weighted by Gasteiger charge is -2.11. The van der Waals surface area contributed by atoms with Gasteiger partial charge in [-0.15, -0.1) is 11.6 Å². The van der Waals surface area contributed by atoms with Crippen LogP contribution in [-0.4, -0.2) is 18.5 Å². The largest absolute Gasteiger partial charge is 0.338 e. The molecule has 14 heavy (non-hydrogen) atoms. The molecule has 0 spiro atoms. The van der Waals surface area contributed by atoms with Crippen LogP contribution in [0.1, 0.15) is 27.2 Å². The zero-order valence-corrected chi connectivity index (χ0v) is 9.82. The van der Waals surface area contributed by atoms with E-state index in [-0.39, 0.29) is 11.4 Å². The standard InChI is InChI=1S/C10H19ClN2O/c1-10(2,3)5-8-13-9(14)12-7-4-6-11/h5,8H,4,6-7H2,1-3H3,(H2,12,13,14)/b8-5+. The molecule has 0 aromatic rings. The molecule has 82 valence electrons.